The highest BCUT2D eigenvalue weighted by Gasteiger charge is 2.01. The molecule has 0 aliphatic carbocycles. The molecule has 40 valence electrons. The first-order chi connectivity index (χ1) is 2.89. The molecule has 1 heterocycles. The first-order valence-corrected chi connectivity index (χ1v) is 2.61. The topological polar surface area (TPSA) is 29.4 Å². The molecule has 0 aromatic rings. The van der Waals surface area contributed by atoms with E-state index in [0.717, 1.165) is 0 Å². The van der Waals surface area contributed by atoms with Crippen molar-refractivity contribution in [1.29, 1.82) is 0 Å². The molecule has 0 fully saturated rings. The maximum Gasteiger partial charge on any atom is 0.256 e. The summed E-state index contributed by atoms with van der Waals surface area (Å²) in [7, 11) is 0. The first kappa shape index (κ1) is 7.17. The Labute approximate surface area is 56.2 Å². The standard InChI is InChI=1S/C3H3NOS.BrH/c5-3-1-6-2-4-3;/h2H,1H2;1H. The predicted octanol–water partition coefficient (Wildman–Crippen LogP) is 0.866. The largest absolute Gasteiger partial charge is 0.272 e. The van der Waals surface area contributed by atoms with E-state index in [1.54, 1.807) is 5.55 Å². The lowest BCUT2D eigenvalue weighted by Gasteiger charge is -1.68. The maximum atomic E-state index is 10.0. The Bertz CT molecular complexity index is 103. The lowest BCUT2D eigenvalue weighted by Crippen LogP contribution is -1.86. The number of amides is 1. The zero-order chi connectivity index (χ0) is 4.41. The predicted molar refractivity (Wildman–Crippen MR) is 36.3 cm³/mol. The maximum absolute atomic E-state index is 10.0. The number of hydrogen-bond acceptors (Lipinski definition) is 2. The SMILES string of the molecule is Br.O=C1CSC=N1. The van der Waals surface area contributed by atoms with Crippen molar-refractivity contribution in [2.75, 3.05) is 5.75 Å². The van der Waals surface area contributed by atoms with Crippen LogP contribution in [0.15, 0.2) is 4.99 Å². The Kier molecular flexibility index (Phi) is 3.29. The number of thioether (sulfide) groups is 1. The van der Waals surface area contributed by atoms with Crippen molar-refractivity contribution in [3.8, 4) is 0 Å². The fraction of sp³-hybridized carbons (Fsp3) is 0.333. The van der Waals surface area contributed by atoms with Crippen LogP contribution in [0.2, 0.25) is 0 Å². The van der Waals surface area contributed by atoms with Gasteiger partial charge in [-0.05, 0) is 0 Å². The molecule has 1 amide bonds. The van der Waals surface area contributed by atoms with Crippen LogP contribution in [0.5, 0.6) is 0 Å². The third-order valence-electron chi connectivity index (χ3n) is 0.478. The van der Waals surface area contributed by atoms with E-state index in [2.05, 4.69) is 4.99 Å². The van der Waals surface area contributed by atoms with Crippen LogP contribution in [0.1, 0.15) is 0 Å². The number of nitrogens with zero attached hydrogens (tertiary/aromatic N) is 1. The van der Waals surface area contributed by atoms with Crippen LogP contribution in [-0.2, 0) is 4.79 Å². The fourth-order valence-corrected chi connectivity index (χ4v) is 0.726. The van der Waals surface area contributed by atoms with Gasteiger partial charge < -0.3 is 0 Å². The molecule has 0 radical (unpaired) electrons. The lowest BCUT2D eigenvalue weighted by atomic mass is 10.8. The third kappa shape index (κ3) is 2.09. The molecule has 0 N–H and O–H groups in total. The Morgan fingerprint density at radius 3 is 2.71 bits per heavy atom. The molecule has 2 nitrogen and oxygen atoms in total. The lowest BCUT2D eigenvalue weighted by molar-refractivity contribution is -0.115. The molecule has 0 aromatic carbocycles. The second-order valence-corrected chi connectivity index (χ2v) is 1.77. The van der Waals surface area contributed by atoms with Crippen molar-refractivity contribution in [3.05, 3.63) is 0 Å². The fourth-order valence-electron chi connectivity index (χ4n) is 0.242. The second-order valence-electron chi connectivity index (χ2n) is 0.939. The van der Waals surface area contributed by atoms with Crippen molar-refractivity contribution < 1.29 is 4.79 Å². The van der Waals surface area contributed by atoms with Crippen LogP contribution in [-0.4, -0.2) is 17.2 Å². The molecule has 1 rings (SSSR count). The highest BCUT2D eigenvalue weighted by molar-refractivity contribution is 8.93. The zero-order valence-electron chi connectivity index (χ0n) is 3.46. The summed E-state index contributed by atoms with van der Waals surface area (Å²) in [6.45, 7) is 0. The van der Waals surface area contributed by atoms with Gasteiger partial charge in [-0.25, -0.2) is 4.99 Å². The Morgan fingerprint density at radius 2 is 2.57 bits per heavy atom. The van der Waals surface area contributed by atoms with Gasteiger partial charge in [0.1, 0.15) is 0 Å². The summed E-state index contributed by atoms with van der Waals surface area (Å²) in [6, 6.07) is 0. The summed E-state index contributed by atoms with van der Waals surface area (Å²) in [5.41, 5.74) is 1.57. The van der Waals surface area contributed by atoms with Gasteiger partial charge in [-0.3, -0.25) is 4.79 Å². The number of carbonyl (C=O) groups is 1. The van der Waals surface area contributed by atoms with Crippen molar-refractivity contribution in [1.82, 2.24) is 0 Å². The van der Waals surface area contributed by atoms with Crippen LogP contribution in [0.3, 0.4) is 0 Å². The van der Waals surface area contributed by atoms with Crippen LogP contribution < -0.4 is 0 Å². The van der Waals surface area contributed by atoms with Crippen molar-refractivity contribution in [2.24, 2.45) is 4.99 Å². The molecule has 0 atom stereocenters. The smallest absolute Gasteiger partial charge is 0.256 e. The molecule has 0 saturated heterocycles. The molecular weight excluding hydrogens is 178 g/mol. The van der Waals surface area contributed by atoms with Crippen LogP contribution >= 0.6 is 28.7 Å². The number of aliphatic imine (C=N–C) groups is 1. The minimum Gasteiger partial charge on any atom is -0.272 e. The molecule has 7 heavy (non-hydrogen) atoms. The number of carbonyl (C=O) groups excluding carboxylic acids is 1. The van der Waals surface area contributed by atoms with E-state index in [9.17, 15) is 4.79 Å². The Balaban J connectivity index is 0.000000360. The third-order valence-corrected chi connectivity index (χ3v) is 1.15. The molecule has 0 saturated carbocycles. The number of hydrogen-bond donors (Lipinski definition) is 0. The number of halogens is 1. The van der Waals surface area contributed by atoms with Gasteiger partial charge in [0.25, 0.3) is 5.91 Å². The van der Waals surface area contributed by atoms with Gasteiger partial charge in [0.05, 0.1) is 11.3 Å². The summed E-state index contributed by atoms with van der Waals surface area (Å²) >= 11 is 1.44. The van der Waals surface area contributed by atoms with Gasteiger partial charge in [0, 0.05) is 0 Å². The monoisotopic (exact) mass is 181 g/mol. The zero-order valence-corrected chi connectivity index (χ0v) is 5.99. The minimum atomic E-state index is -0.0139. The summed E-state index contributed by atoms with van der Waals surface area (Å²) in [6.07, 6.45) is 0. The van der Waals surface area contributed by atoms with E-state index in [4.69, 9.17) is 0 Å². The van der Waals surface area contributed by atoms with Crippen LogP contribution in [0.4, 0.5) is 0 Å². The molecule has 1 aliphatic heterocycles. The normalized spacial score (nSPS) is 16.9. The Hall–Kier alpha value is 0.170. The summed E-state index contributed by atoms with van der Waals surface area (Å²) in [5.74, 6) is 0.528. The molecule has 1 aliphatic rings. The second kappa shape index (κ2) is 3.21. The summed E-state index contributed by atoms with van der Waals surface area (Å²) in [5, 5.41) is 0. The van der Waals surface area contributed by atoms with Gasteiger partial charge in [0.2, 0.25) is 0 Å². The molecule has 0 unspecified atom stereocenters. The van der Waals surface area contributed by atoms with E-state index >= 15 is 0 Å². The average molecular weight is 182 g/mol. The van der Waals surface area contributed by atoms with E-state index in [0.29, 0.717) is 5.75 Å². The van der Waals surface area contributed by atoms with Crippen LogP contribution in [0.25, 0.3) is 0 Å². The minimum absolute atomic E-state index is 0. The van der Waals surface area contributed by atoms with E-state index in [-0.39, 0.29) is 22.9 Å². The molecular formula is C3H4BrNOS. The van der Waals surface area contributed by atoms with Crippen molar-refractivity contribution in [2.45, 2.75) is 0 Å². The molecule has 0 bridgehead atoms. The van der Waals surface area contributed by atoms with Gasteiger partial charge in [-0.15, -0.1) is 28.7 Å². The number of rotatable bonds is 0. The van der Waals surface area contributed by atoms with E-state index < -0.39 is 0 Å². The molecule has 0 spiro atoms. The van der Waals surface area contributed by atoms with Gasteiger partial charge in [-0.1, -0.05) is 0 Å². The van der Waals surface area contributed by atoms with Gasteiger partial charge in [0.15, 0.2) is 0 Å². The first-order valence-electron chi connectivity index (χ1n) is 1.56. The summed E-state index contributed by atoms with van der Waals surface area (Å²) in [4.78, 5) is 13.5. The molecule has 4 heteroatoms. The van der Waals surface area contributed by atoms with E-state index in [1.165, 1.54) is 11.8 Å². The van der Waals surface area contributed by atoms with Gasteiger partial charge in [-0.2, -0.15) is 0 Å². The van der Waals surface area contributed by atoms with Gasteiger partial charge >= 0.3 is 0 Å². The van der Waals surface area contributed by atoms with Crippen molar-refractivity contribution in [3.63, 3.8) is 0 Å². The molecule has 0 aromatic heterocycles. The Morgan fingerprint density at radius 1 is 1.86 bits per heavy atom. The summed E-state index contributed by atoms with van der Waals surface area (Å²) < 4.78 is 0. The van der Waals surface area contributed by atoms with Crippen molar-refractivity contribution >= 4 is 40.2 Å². The van der Waals surface area contributed by atoms with Crippen LogP contribution in [0, 0.1) is 0 Å². The van der Waals surface area contributed by atoms with E-state index in [1.807, 2.05) is 0 Å². The average Bonchev–Trinajstić information content (AvgIpc) is 1.86. The highest BCUT2D eigenvalue weighted by atomic mass is 79.9. The highest BCUT2D eigenvalue weighted by Crippen LogP contribution is 2.02. The quantitative estimate of drug-likeness (QED) is 0.556.